The van der Waals surface area contributed by atoms with Crippen molar-refractivity contribution in [2.24, 2.45) is 4.99 Å². The number of hydrogen-bond acceptors (Lipinski definition) is 3. The normalized spacial score (nSPS) is 10.6. The summed E-state index contributed by atoms with van der Waals surface area (Å²) in [6.45, 7) is 2.06. The number of hydrogen-bond donors (Lipinski definition) is 2. The van der Waals surface area contributed by atoms with Crippen LogP contribution < -0.4 is 15.4 Å². The first kappa shape index (κ1) is 23.7. The highest BCUT2D eigenvalue weighted by Gasteiger charge is 2.05. The summed E-state index contributed by atoms with van der Waals surface area (Å²) in [6, 6.07) is 19.8. The number of nitrogens with one attached hydrogen (secondary N) is 2. The Balaban J connectivity index is 0.00000392. The van der Waals surface area contributed by atoms with Crippen LogP contribution in [-0.4, -0.2) is 50.6 Å². The van der Waals surface area contributed by atoms with Crippen molar-refractivity contribution in [2.75, 3.05) is 33.8 Å². The quantitative estimate of drug-likeness (QED) is 0.243. The molecule has 2 rings (SSSR count). The van der Waals surface area contributed by atoms with Crippen LogP contribution in [0.4, 0.5) is 0 Å². The molecule has 0 radical (unpaired) electrons. The van der Waals surface area contributed by atoms with Crippen molar-refractivity contribution in [1.82, 2.24) is 15.5 Å². The summed E-state index contributed by atoms with van der Waals surface area (Å²) in [5, 5.41) is 6.35. The number of amides is 1. The van der Waals surface area contributed by atoms with Crippen molar-refractivity contribution < 1.29 is 9.53 Å². The predicted molar refractivity (Wildman–Crippen MR) is 124 cm³/mol. The monoisotopic (exact) mass is 496 g/mol. The average molecular weight is 496 g/mol. The van der Waals surface area contributed by atoms with Crippen molar-refractivity contribution in [3.63, 3.8) is 0 Å². The topological polar surface area (TPSA) is 66.0 Å². The maximum Gasteiger partial charge on any atom is 0.241 e. The summed E-state index contributed by atoms with van der Waals surface area (Å²) in [7, 11) is 3.47. The van der Waals surface area contributed by atoms with Gasteiger partial charge in [0, 0.05) is 20.6 Å². The fourth-order valence-corrected chi connectivity index (χ4v) is 2.23. The van der Waals surface area contributed by atoms with Crippen molar-refractivity contribution in [2.45, 2.75) is 13.0 Å². The molecular formula is C21H29IN4O2. The van der Waals surface area contributed by atoms with Gasteiger partial charge >= 0.3 is 0 Å². The van der Waals surface area contributed by atoms with Gasteiger partial charge in [0.05, 0.1) is 19.7 Å². The minimum atomic E-state index is -0.00313. The summed E-state index contributed by atoms with van der Waals surface area (Å²) in [5.41, 5.74) is 1.12. The maximum atomic E-state index is 11.8. The molecule has 0 atom stereocenters. The Morgan fingerprint density at radius 1 is 1.00 bits per heavy atom. The third-order valence-corrected chi connectivity index (χ3v) is 3.79. The van der Waals surface area contributed by atoms with Gasteiger partial charge in [0.15, 0.2) is 5.96 Å². The number of nitrogens with zero attached hydrogens (tertiary/aromatic N) is 2. The molecule has 0 unspecified atom stereocenters. The van der Waals surface area contributed by atoms with Gasteiger partial charge in [-0.15, -0.1) is 24.0 Å². The van der Waals surface area contributed by atoms with E-state index in [9.17, 15) is 4.79 Å². The van der Waals surface area contributed by atoms with Gasteiger partial charge in [-0.2, -0.15) is 0 Å². The summed E-state index contributed by atoms with van der Waals surface area (Å²) < 4.78 is 5.69. The lowest BCUT2D eigenvalue weighted by Gasteiger charge is -2.15. The number of likely N-dealkylation sites (N-methyl/N-ethyl adjacent to an activating group) is 1. The second-order valence-electron chi connectivity index (χ2n) is 6.23. The van der Waals surface area contributed by atoms with Crippen molar-refractivity contribution in [3.8, 4) is 5.75 Å². The lowest BCUT2D eigenvalue weighted by atomic mass is 10.2. The van der Waals surface area contributed by atoms with Gasteiger partial charge in [0.1, 0.15) is 5.75 Å². The third-order valence-electron chi connectivity index (χ3n) is 3.79. The number of benzene rings is 2. The van der Waals surface area contributed by atoms with Crippen molar-refractivity contribution in [3.05, 3.63) is 66.2 Å². The van der Waals surface area contributed by atoms with E-state index in [0.717, 1.165) is 17.7 Å². The molecule has 0 aliphatic carbocycles. The van der Waals surface area contributed by atoms with Crippen LogP contribution in [0, 0.1) is 0 Å². The molecule has 152 valence electrons. The number of guanidine groups is 1. The van der Waals surface area contributed by atoms with Crippen LogP contribution in [0.2, 0.25) is 0 Å². The molecule has 28 heavy (non-hydrogen) atoms. The summed E-state index contributed by atoms with van der Waals surface area (Å²) in [4.78, 5) is 17.9. The van der Waals surface area contributed by atoms with E-state index < -0.39 is 0 Å². The van der Waals surface area contributed by atoms with Gasteiger partial charge in [-0.1, -0.05) is 48.5 Å². The Morgan fingerprint density at radius 2 is 1.64 bits per heavy atom. The molecule has 0 fully saturated rings. The molecule has 0 aromatic heterocycles. The molecule has 0 aliphatic rings. The van der Waals surface area contributed by atoms with Crippen LogP contribution in [0.1, 0.15) is 12.0 Å². The van der Waals surface area contributed by atoms with E-state index in [1.165, 1.54) is 0 Å². The number of para-hydroxylation sites is 1. The van der Waals surface area contributed by atoms with Gasteiger partial charge in [-0.05, 0) is 24.1 Å². The number of carbonyl (C=O) groups excluding carboxylic acids is 1. The van der Waals surface area contributed by atoms with Crippen LogP contribution in [0.3, 0.4) is 0 Å². The zero-order chi connectivity index (χ0) is 19.3. The van der Waals surface area contributed by atoms with Crippen LogP contribution in [0.5, 0.6) is 5.75 Å². The average Bonchev–Trinajstić information content (AvgIpc) is 2.70. The predicted octanol–water partition coefficient (Wildman–Crippen LogP) is 2.90. The zero-order valence-electron chi connectivity index (χ0n) is 16.4. The first-order valence-electron chi connectivity index (χ1n) is 9.09. The summed E-state index contributed by atoms with van der Waals surface area (Å²) in [5.74, 6) is 1.48. The Hall–Kier alpha value is -2.29. The standard InChI is InChI=1S/C21H28N4O2.HI/c1-25(2)20(26)17-24-21(23-16-18-10-5-3-6-11-18)22-14-9-15-27-19-12-7-4-8-13-19;/h3-8,10-13H,9,14-17H2,1-2H3,(H2,22,23,24);1H. The minimum Gasteiger partial charge on any atom is -0.494 e. The van der Waals surface area contributed by atoms with E-state index in [2.05, 4.69) is 15.6 Å². The van der Waals surface area contributed by atoms with E-state index >= 15 is 0 Å². The number of aliphatic imine (C=N–C) groups is 1. The molecule has 0 saturated heterocycles. The number of halogens is 1. The van der Waals surface area contributed by atoms with E-state index in [1.807, 2.05) is 60.7 Å². The first-order chi connectivity index (χ1) is 13.1. The lowest BCUT2D eigenvalue weighted by Crippen LogP contribution is -2.43. The minimum absolute atomic E-state index is 0. The number of carbonyl (C=O) groups is 1. The molecule has 2 aromatic rings. The lowest BCUT2D eigenvalue weighted by molar-refractivity contribution is -0.127. The molecule has 6 nitrogen and oxygen atoms in total. The Bertz CT molecular complexity index is 709. The second-order valence-corrected chi connectivity index (χ2v) is 6.23. The van der Waals surface area contributed by atoms with E-state index in [0.29, 0.717) is 25.7 Å². The molecule has 0 spiro atoms. The molecule has 7 heteroatoms. The molecule has 1 amide bonds. The van der Waals surface area contributed by atoms with Gasteiger partial charge in [-0.3, -0.25) is 4.79 Å². The van der Waals surface area contributed by atoms with Crippen LogP contribution >= 0.6 is 24.0 Å². The van der Waals surface area contributed by atoms with Gasteiger partial charge < -0.3 is 20.3 Å². The maximum absolute atomic E-state index is 11.8. The SMILES string of the molecule is CN(C)C(=O)CNC(=NCc1ccccc1)NCCCOc1ccccc1.I. The largest absolute Gasteiger partial charge is 0.494 e. The van der Waals surface area contributed by atoms with Crippen molar-refractivity contribution in [1.29, 1.82) is 0 Å². The highest BCUT2D eigenvalue weighted by molar-refractivity contribution is 14.0. The Morgan fingerprint density at radius 3 is 2.29 bits per heavy atom. The van der Waals surface area contributed by atoms with E-state index in [1.54, 1.807) is 19.0 Å². The first-order valence-corrected chi connectivity index (χ1v) is 9.09. The van der Waals surface area contributed by atoms with Gasteiger partial charge in [-0.25, -0.2) is 4.99 Å². The number of ether oxygens (including phenoxy) is 1. The van der Waals surface area contributed by atoms with Crippen LogP contribution in [0.25, 0.3) is 0 Å². The fourth-order valence-electron chi connectivity index (χ4n) is 2.23. The third kappa shape index (κ3) is 9.59. The molecule has 0 bridgehead atoms. The second kappa shape index (κ2) is 13.8. The summed E-state index contributed by atoms with van der Waals surface area (Å²) in [6.07, 6.45) is 0.822. The molecule has 0 aliphatic heterocycles. The fraction of sp³-hybridized carbons (Fsp3) is 0.333. The summed E-state index contributed by atoms with van der Waals surface area (Å²) >= 11 is 0. The van der Waals surface area contributed by atoms with Gasteiger partial charge in [0.2, 0.25) is 5.91 Å². The highest BCUT2D eigenvalue weighted by Crippen LogP contribution is 2.08. The number of rotatable bonds is 9. The Labute approximate surface area is 184 Å². The zero-order valence-corrected chi connectivity index (χ0v) is 18.8. The highest BCUT2D eigenvalue weighted by atomic mass is 127. The molecule has 2 N–H and O–H groups in total. The Kier molecular flexibility index (Phi) is 11.7. The van der Waals surface area contributed by atoms with Crippen LogP contribution in [-0.2, 0) is 11.3 Å². The van der Waals surface area contributed by atoms with Crippen LogP contribution in [0.15, 0.2) is 65.7 Å². The van der Waals surface area contributed by atoms with Gasteiger partial charge in [0.25, 0.3) is 0 Å². The van der Waals surface area contributed by atoms with Crippen molar-refractivity contribution >= 4 is 35.8 Å². The van der Waals surface area contributed by atoms with E-state index in [4.69, 9.17) is 4.74 Å². The van der Waals surface area contributed by atoms with E-state index in [-0.39, 0.29) is 36.4 Å². The molecule has 2 aromatic carbocycles. The molecular weight excluding hydrogens is 467 g/mol. The molecule has 0 saturated carbocycles. The molecule has 0 heterocycles. The smallest absolute Gasteiger partial charge is 0.241 e.